The van der Waals surface area contributed by atoms with E-state index in [0.29, 0.717) is 12.8 Å². The highest BCUT2D eigenvalue weighted by molar-refractivity contribution is 5.79. The summed E-state index contributed by atoms with van der Waals surface area (Å²) in [6, 6.07) is 18.4. The van der Waals surface area contributed by atoms with Crippen molar-refractivity contribution in [1.29, 1.82) is 0 Å². The Morgan fingerprint density at radius 2 is 1.77 bits per heavy atom. The number of hydrogen-bond acceptors (Lipinski definition) is 2. The fraction of sp³-hybridized carbons (Fsp3) is 0.364. The minimum absolute atomic E-state index is 0.215. The van der Waals surface area contributed by atoms with Crippen LogP contribution in [0.1, 0.15) is 38.9 Å². The van der Waals surface area contributed by atoms with Crippen LogP contribution in [0.2, 0.25) is 0 Å². The Kier molecular flexibility index (Phi) is 6.05. The highest BCUT2D eigenvalue weighted by Crippen LogP contribution is 2.22. The van der Waals surface area contributed by atoms with Crippen LogP contribution in [0.4, 0.5) is 0 Å². The number of fused-ring (bicyclic) bond motifs is 1. The summed E-state index contributed by atoms with van der Waals surface area (Å²) in [5.41, 5.74) is 3.14. The van der Waals surface area contributed by atoms with Crippen molar-refractivity contribution in [3.05, 3.63) is 60.4 Å². The Balaban J connectivity index is 1.85. The molecular formula is C22H27N3O. The molecule has 0 N–H and O–H groups in total. The SMILES string of the molecule is CCCCN(CC)C(=O)CCc1nc2ccccc2n1-c1ccccc1. The maximum atomic E-state index is 12.6. The number of nitrogens with zero attached hydrogens (tertiary/aromatic N) is 3. The van der Waals surface area contributed by atoms with E-state index in [-0.39, 0.29) is 5.91 Å². The summed E-state index contributed by atoms with van der Waals surface area (Å²) in [5.74, 6) is 1.16. The summed E-state index contributed by atoms with van der Waals surface area (Å²) >= 11 is 0. The maximum absolute atomic E-state index is 12.6. The molecule has 26 heavy (non-hydrogen) atoms. The molecule has 136 valence electrons. The predicted molar refractivity (Wildman–Crippen MR) is 107 cm³/mol. The number of hydrogen-bond donors (Lipinski definition) is 0. The molecule has 0 fully saturated rings. The molecule has 0 radical (unpaired) electrons. The molecule has 0 unspecified atom stereocenters. The van der Waals surface area contributed by atoms with Gasteiger partial charge < -0.3 is 4.90 Å². The Labute approximate surface area is 155 Å². The van der Waals surface area contributed by atoms with E-state index in [1.54, 1.807) is 0 Å². The number of carbonyl (C=O) groups is 1. The van der Waals surface area contributed by atoms with Crippen LogP contribution in [0.3, 0.4) is 0 Å². The summed E-state index contributed by atoms with van der Waals surface area (Å²) in [4.78, 5) is 19.4. The van der Waals surface area contributed by atoms with Gasteiger partial charge in [0.2, 0.25) is 5.91 Å². The van der Waals surface area contributed by atoms with Crippen LogP contribution in [-0.2, 0) is 11.2 Å². The van der Waals surface area contributed by atoms with Crippen molar-refractivity contribution >= 4 is 16.9 Å². The molecule has 0 spiro atoms. The standard InChI is InChI=1S/C22H27N3O/c1-3-5-17-24(4-2)22(26)16-15-21-23-19-13-9-10-14-20(19)25(21)18-11-7-6-8-12-18/h6-14H,3-5,15-17H2,1-2H3. The number of aromatic nitrogens is 2. The number of benzene rings is 2. The lowest BCUT2D eigenvalue weighted by Gasteiger charge is -2.20. The zero-order valence-corrected chi connectivity index (χ0v) is 15.7. The van der Waals surface area contributed by atoms with Crippen molar-refractivity contribution in [3.63, 3.8) is 0 Å². The van der Waals surface area contributed by atoms with Crippen LogP contribution in [0.15, 0.2) is 54.6 Å². The second kappa shape index (κ2) is 8.65. The van der Waals surface area contributed by atoms with Crippen molar-refractivity contribution < 1.29 is 4.79 Å². The van der Waals surface area contributed by atoms with Gasteiger partial charge in [-0.3, -0.25) is 9.36 Å². The van der Waals surface area contributed by atoms with Gasteiger partial charge in [0.1, 0.15) is 5.82 Å². The van der Waals surface area contributed by atoms with Crippen LogP contribution >= 0.6 is 0 Å². The van der Waals surface area contributed by atoms with Gasteiger partial charge in [-0.25, -0.2) is 4.98 Å². The number of unbranched alkanes of at least 4 members (excludes halogenated alkanes) is 1. The normalized spacial score (nSPS) is 11.0. The lowest BCUT2D eigenvalue weighted by atomic mass is 10.2. The molecule has 1 aromatic heterocycles. The quantitative estimate of drug-likeness (QED) is 0.596. The molecule has 4 heteroatoms. The van der Waals surface area contributed by atoms with Gasteiger partial charge in [0.05, 0.1) is 11.0 Å². The number of carbonyl (C=O) groups excluding carboxylic acids is 1. The van der Waals surface area contributed by atoms with E-state index in [1.807, 2.05) is 48.2 Å². The van der Waals surface area contributed by atoms with Gasteiger partial charge in [0.25, 0.3) is 0 Å². The summed E-state index contributed by atoms with van der Waals surface area (Å²) in [6.07, 6.45) is 3.30. The van der Waals surface area contributed by atoms with Crippen molar-refractivity contribution in [1.82, 2.24) is 14.5 Å². The van der Waals surface area contributed by atoms with Crippen LogP contribution < -0.4 is 0 Å². The summed E-state index contributed by atoms with van der Waals surface area (Å²) in [5, 5.41) is 0. The van der Waals surface area contributed by atoms with Crippen molar-refractivity contribution in [2.75, 3.05) is 13.1 Å². The number of imidazole rings is 1. The van der Waals surface area contributed by atoms with Gasteiger partial charge >= 0.3 is 0 Å². The minimum Gasteiger partial charge on any atom is -0.343 e. The molecule has 3 aromatic rings. The average molecular weight is 349 g/mol. The molecule has 1 amide bonds. The third-order valence-electron chi connectivity index (χ3n) is 4.72. The first-order valence-corrected chi connectivity index (χ1v) is 9.54. The van der Waals surface area contributed by atoms with Gasteiger partial charge in [-0.2, -0.15) is 0 Å². The van der Waals surface area contributed by atoms with Crippen molar-refractivity contribution in [3.8, 4) is 5.69 Å². The molecule has 1 heterocycles. The second-order valence-electron chi connectivity index (χ2n) is 6.51. The van der Waals surface area contributed by atoms with Gasteiger partial charge in [-0.05, 0) is 37.6 Å². The summed E-state index contributed by atoms with van der Waals surface area (Å²) < 4.78 is 2.17. The third kappa shape index (κ3) is 3.96. The molecule has 0 saturated heterocycles. The Bertz CT molecular complexity index is 854. The third-order valence-corrected chi connectivity index (χ3v) is 4.72. The predicted octanol–water partition coefficient (Wildman–Crippen LogP) is 4.61. The molecule has 0 aliphatic rings. The molecule has 0 atom stereocenters. The molecule has 2 aromatic carbocycles. The van der Waals surface area contributed by atoms with Gasteiger partial charge in [0.15, 0.2) is 0 Å². The Morgan fingerprint density at radius 3 is 2.50 bits per heavy atom. The highest BCUT2D eigenvalue weighted by Gasteiger charge is 2.16. The zero-order chi connectivity index (χ0) is 18.4. The van der Waals surface area contributed by atoms with E-state index >= 15 is 0 Å². The van der Waals surface area contributed by atoms with E-state index in [4.69, 9.17) is 4.98 Å². The van der Waals surface area contributed by atoms with Gasteiger partial charge in [-0.15, -0.1) is 0 Å². The van der Waals surface area contributed by atoms with Crippen LogP contribution in [-0.4, -0.2) is 33.4 Å². The molecule has 0 bridgehead atoms. The lowest BCUT2D eigenvalue weighted by molar-refractivity contribution is -0.131. The van der Waals surface area contributed by atoms with E-state index in [9.17, 15) is 4.79 Å². The van der Waals surface area contributed by atoms with E-state index in [2.05, 4.69) is 29.7 Å². The van der Waals surface area contributed by atoms with E-state index in [1.165, 1.54) is 0 Å². The fourth-order valence-electron chi connectivity index (χ4n) is 3.29. The molecule has 3 rings (SSSR count). The minimum atomic E-state index is 0.215. The van der Waals surface area contributed by atoms with E-state index in [0.717, 1.165) is 48.5 Å². The summed E-state index contributed by atoms with van der Waals surface area (Å²) in [6.45, 7) is 5.82. The topological polar surface area (TPSA) is 38.1 Å². The number of para-hydroxylation sites is 3. The Morgan fingerprint density at radius 1 is 1.04 bits per heavy atom. The average Bonchev–Trinajstić information content (AvgIpc) is 3.06. The van der Waals surface area contributed by atoms with Gasteiger partial charge in [0, 0.05) is 31.6 Å². The zero-order valence-electron chi connectivity index (χ0n) is 15.7. The van der Waals surface area contributed by atoms with Gasteiger partial charge in [-0.1, -0.05) is 43.7 Å². The lowest BCUT2D eigenvalue weighted by Crippen LogP contribution is -2.32. The Hall–Kier alpha value is -2.62. The molecule has 4 nitrogen and oxygen atoms in total. The number of rotatable bonds is 8. The maximum Gasteiger partial charge on any atom is 0.223 e. The summed E-state index contributed by atoms with van der Waals surface area (Å²) in [7, 11) is 0. The molecule has 0 saturated carbocycles. The second-order valence-corrected chi connectivity index (χ2v) is 6.51. The van der Waals surface area contributed by atoms with Crippen molar-refractivity contribution in [2.24, 2.45) is 0 Å². The fourth-order valence-corrected chi connectivity index (χ4v) is 3.29. The molecule has 0 aliphatic heterocycles. The van der Waals surface area contributed by atoms with Crippen LogP contribution in [0.5, 0.6) is 0 Å². The van der Waals surface area contributed by atoms with E-state index < -0.39 is 0 Å². The first-order valence-electron chi connectivity index (χ1n) is 9.54. The number of aryl methyl sites for hydroxylation is 1. The smallest absolute Gasteiger partial charge is 0.223 e. The molecule has 0 aliphatic carbocycles. The molecular weight excluding hydrogens is 322 g/mol. The number of amides is 1. The highest BCUT2D eigenvalue weighted by atomic mass is 16.2. The van der Waals surface area contributed by atoms with Crippen molar-refractivity contribution in [2.45, 2.75) is 39.5 Å². The van der Waals surface area contributed by atoms with Crippen LogP contribution in [0, 0.1) is 0 Å². The van der Waals surface area contributed by atoms with Crippen LogP contribution in [0.25, 0.3) is 16.7 Å². The first-order chi connectivity index (χ1) is 12.7. The largest absolute Gasteiger partial charge is 0.343 e. The monoisotopic (exact) mass is 349 g/mol. The first kappa shape index (κ1) is 18.2.